The Labute approximate surface area is 111 Å². The maximum Gasteiger partial charge on any atom is 0.305 e. The smallest absolute Gasteiger partial charge is 0.305 e. The van der Waals surface area contributed by atoms with Crippen molar-refractivity contribution in [2.45, 2.75) is 25.7 Å². The minimum absolute atomic E-state index is 0.0244. The zero-order valence-corrected chi connectivity index (χ0v) is 10.8. The van der Waals surface area contributed by atoms with Crippen LogP contribution in [0.25, 0.3) is 0 Å². The van der Waals surface area contributed by atoms with Gasteiger partial charge in [-0.2, -0.15) is 0 Å². The number of esters is 1. The van der Waals surface area contributed by atoms with Gasteiger partial charge >= 0.3 is 5.97 Å². The van der Waals surface area contributed by atoms with Gasteiger partial charge in [0.25, 0.3) is 5.69 Å². The van der Waals surface area contributed by atoms with E-state index >= 15 is 0 Å². The SMILES string of the molecule is COC(=O)CCCCCNc1ccc([N+](=O)[O-])cn1. The first kappa shape index (κ1) is 14.9. The molecule has 7 heteroatoms. The zero-order chi connectivity index (χ0) is 14.1. The molecule has 0 aliphatic carbocycles. The highest BCUT2D eigenvalue weighted by molar-refractivity contribution is 5.68. The number of nitrogens with one attached hydrogen (secondary N) is 1. The Balaban J connectivity index is 2.15. The van der Waals surface area contributed by atoms with Gasteiger partial charge in [-0.1, -0.05) is 6.42 Å². The summed E-state index contributed by atoms with van der Waals surface area (Å²) in [5.41, 5.74) is -0.0244. The monoisotopic (exact) mass is 267 g/mol. The molecular weight excluding hydrogens is 250 g/mol. The van der Waals surface area contributed by atoms with Crippen LogP contribution in [0.1, 0.15) is 25.7 Å². The number of pyridine rings is 1. The van der Waals surface area contributed by atoms with Gasteiger partial charge < -0.3 is 10.1 Å². The van der Waals surface area contributed by atoms with Crippen LogP contribution in [-0.4, -0.2) is 29.5 Å². The summed E-state index contributed by atoms with van der Waals surface area (Å²) in [6, 6.07) is 2.99. The van der Waals surface area contributed by atoms with Crippen molar-refractivity contribution < 1.29 is 14.5 Å². The van der Waals surface area contributed by atoms with Gasteiger partial charge in [0.05, 0.1) is 12.0 Å². The van der Waals surface area contributed by atoms with Gasteiger partial charge in [0.15, 0.2) is 0 Å². The summed E-state index contributed by atoms with van der Waals surface area (Å²) in [4.78, 5) is 24.7. The number of hydrogen-bond donors (Lipinski definition) is 1. The number of rotatable bonds is 8. The van der Waals surface area contributed by atoms with Crippen LogP contribution in [0.2, 0.25) is 0 Å². The number of carbonyl (C=O) groups is 1. The quantitative estimate of drug-likeness (QED) is 0.335. The van der Waals surface area contributed by atoms with E-state index in [0.29, 0.717) is 18.8 Å². The third-order valence-electron chi connectivity index (χ3n) is 2.55. The molecule has 0 aromatic carbocycles. The third kappa shape index (κ3) is 5.80. The van der Waals surface area contributed by atoms with Crippen molar-refractivity contribution in [1.29, 1.82) is 0 Å². The minimum Gasteiger partial charge on any atom is -0.469 e. The first-order chi connectivity index (χ1) is 9.13. The summed E-state index contributed by atoms with van der Waals surface area (Å²) in [6.07, 6.45) is 4.26. The maximum atomic E-state index is 10.9. The summed E-state index contributed by atoms with van der Waals surface area (Å²) >= 11 is 0. The van der Waals surface area contributed by atoms with Crippen LogP contribution in [0.3, 0.4) is 0 Å². The normalized spacial score (nSPS) is 9.95. The van der Waals surface area contributed by atoms with E-state index in [4.69, 9.17) is 0 Å². The Morgan fingerprint density at radius 3 is 2.79 bits per heavy atom. The van der Waals surface area contributed by atoms with E-state index in [2.05, 4.69) is 15.0 Å². The van der Waals surface area contributed by atoms with Crippen LogP contribution in [0, 0.1) is 10.1 Å². The molecule has 0 aliphatic heterocycles. The van der Waals surface area contributed by atoms with Crippen LogP contribution in [-0.2, 0) is 9.53 Å². The number of ether oxygens (including phenoxy) is 1. The molecule has 0 saturated heterocycles. The molecule has 104 valence electrons. The fourth-order valence-electron chi connectivity index (χ4n) is 1.49. The lowest BCUT2D eigenvalue weighted by Gasteiger charge is -2.04. The number of anilines is 1. The van der Waals surface area contributed by atoms with Gasteiger partial charge in [0.2, 0.25) is 0 Å². The molecule has 1 N–H and O–H groups in total. The molecule has 0 bridgehead atoms. The fraction of sp³-hybridized carbons (Fsp3) is 0.500. The van der Waals surface area contributed by atoms with Gasteiger partial charge in [-0.15, -0.1) is 0 Å². The van der Waals surface area contributed by atoms with E-state index in [-0.39, 0.29) is 11.7 Å². The van der Waals surface area contributed by atoms with Crippen molar-refractivity contribution >= 4 is 17.5 Å². The molecule has 1 heterocycles. The predicted molar refractivity (Wildman–Crippen MR) is 69.9 cm³/mol. The van der Waals surface area contributed by atoms with E-state index in [9.17, 15) is 14.9 Å². The van der Waals surface area contributed by atoms with Crippen LogP contribution >= 0.6 is 0 Å². The Bertz CT molecular complexity index is 419. The topological polar surface area (TPSA) is 94.4 Å². The highest BCUT2D eigenvalue weighted by atomic mass is 16.6. The Morgan fingerprint density at radius 1 is 1.42 bits per heavy atom. The number of carbonyl (C=O) groups excluding carboxylic acids is 1. The van der Waals surface area contributed by atoms with Crippen molar-refractivity contribution in [1.82, 2.24) is 4.98 Å². The molecule has 0 aliphatic rings. The summed E-state index contributed by atoms with van der Waals surface area (Å²) in [7, 11) is 1.38. The van der Waals surface area contributed by atoms with E-state index in [1.165, 1.54) is 19.4 Å². The number of hydrogen-bond acceptors (Lipinski definition) is 6. The molecule has 7 nitrogen and oxygen atoms in total. The Kier molecular flexibility index (Phi) is 6.28. The van der Waals surface area contributed by atoms with Gasteiger partial charge in [0.1, 0.15) is 12.0 Å². The maximum absolute atomic E-state index is 10.9. The minimum atomic E-state index is -0.483. The lowest BCUT2D eigenvalue weighted by Crippen LogP contribution is -2.04. The van der Waals surface area contributed by atoms with Crippen LogP contribution < -0.4 is 5.32 Å². The second-order valence-corrected chi connectivity index (χ2v) is 3.97. The van der Waals surface area contributed by atoms with E-state index in [1.807, 2.05) is 0 Å². The third-order valence-corrected chi connectivity index (χ3v) is 2.55. The standard InChI is InChI=1S/C12H17N3O4/c1-19-12(16)5-3-2-4-8-13-11-7-6-10(9-14-11)15(17)18/h6-7,9H,2-5,8H2,1H3,(H,13,14). The lowest BCUT2D eigenvalue weighted by molar-refractivity contribution is -0.385. The van der Waals surface area contributed by atoms with Crippen LogP contribution in [0.4, 0.5) is 11.5 Å². The highest BCUT2D eigenvalue weighted by Crippen LogP contribution is 2.11. The molecule has 0 saturated carbocycles. The molecule has 0 atom stereocenters. The molecule has 0 spiro atoms. The predicted octanol–water partition coefficient (Wildman–Crippen LogP) is 2.14. The molecule has 0 fully saturated rings. The van der Waals surface area contributed by atoms with E-state index < -0.39 is 4.92 Å². The first-order valence-electron chi connectivity index (χ1n) is 6.04. The fourth-order valence-corrected chi connectivity index (χ4v) is 1.49. The Morgan fingerprint density at radius 2 is 2.21 bits per heavy atom. The zero-order valence-electron chi connectivity index (χ0n) is 10.8. The van der Waals surface area contributed by atoms with E-state index in [0.717, 1.165) is 19.3 Å². The Hall–Kier alpha value is -2.18. The van der Waals surface area contributed by atoms with Crippen LogP contribution in [0.5, 0.6) is 0 Å². The molecule has 0 amide bonds. The van der Waals surface area contributed by atoms with Gasteiger partial charge in [-0.05, 0) is 18.9 Å². The van der Waals surface area contributed by atoms with Gasteiger partial charge in [-0.3, -0.25) is 14.9 Å². The summed E-state index contributed by atoms with van der Waals surface area (Å²) in [5, 5.41) is 13.5. The summed E-state index contributed by atoms with van der Waals surface area (Å²) < 4.78 is 4.54. The van der Waals surface area contributed by atoms with Crippen molar-refractivity contribution in [3.63, 3.8) is 0 Å². The molecule has 0 unspecified atom stereocenters. The van der Waals surface area contributed by atoms with Crippen molar-refractivity contribution in [3.05, 3.63) is 28.4 Å². The van der Waals surface area contributed by atoms with Crippen molar-refractivity contribution in [3.8, 4) is 0 Å². The highest BCUT2D eigenvalue weighted by Gasteiger charge is 2.04. The van der Waals surface area contributed by atoms with E-state index in [1.54, 1.807) is 6.07 Å². The lowest BCUT2D eigenvalue weighted by atomic mass is 10.2. The molecule has 0 radical (unpaired) electrons. The van der Waals surface area contributed by atoms with Gasteiger partial charge in [-0.25, -0.2) is 4.98 Å². The van der Waals surface area contributed by atoms with Crippen molar-refractivity contribution in [2.24, 2.45) is 0 Å². The number of nitrogens with zero attached hydrogens (tertiary/aromatic N) is 2. The average molecular weight is 267 g/mol. The molecule has 1 rings (SSSR count). The molecule has 19 heavy (non-hydrogen) atoms. The average Bonchev–Trinajstić information content (AvgIpc) is 2.42. The molecular formula is C12H17N3O4. The molecule has 1 aromatic rings. The summed E-state index contributed by atoms with van der Waals surface area (Å²) in [5.74, 6) is 0.420. The number of methoxy groups -OCH3 is 1. The van der Waals surface area contributed by atoms with Crippen LogP contribution in [0.15, 0.2) is 18.3 Å². The number of aromatic nitrogens is 1. The second kappa shape index (κ2) is 8.02. The summed E-state index contributed by atoms with van der Waals surface area (Å²) in [6.45, 7) is 0.714. The number of unbranched alkanes of at least 4 members (excludes halogenated alkanes) is 2. The van der Waals surface area contributed by atoms with Crippen molar-refractivity contribution in [2.75, 3.05) is 19.0 Å². The second-order valence-electron chi connectivity index (χ2n) is 3.97. The number of nitro groups is 1. The molecule has 1 aromatic heterocycles. The van der Waals surface area contributed by atoms with Gasteiger partial charge in [0, 0.05) is 19.0 Å². The largest absolute Gasteiger partial charge is 0.469 e. The first-order valence-corrected chi connectivity index (χ1v) is 6.04.